The quantitative estimate of drug-likeness (QED) is 0.767. The molecule has 2 rings (SSSR count). The van der Waals surface area contributed by atoms with Gasteiger partial charge in [0, 0.05) is 26.0 Å². The van der Waals surface area contributed by atoms with Crippen molar-refractivity contribution < 1.29 is 4.79 Å². The molecule has 0 spiro atoms. The largest absolute Gasteiger partial charge is 0.342 e. The lowest BCUT2D eigenvalue weighted by Gasteiger charge is -2.13. The van der Waals surface area contributed by atoms with Gasteiger partial charge < -0.3 is 4.90 Å². The topological polar surface area (TPSA) is 54.7 Å². The van der Waals surface area contributed by atoms with Gasteiger partial charge in [0.25, 0.3) is 11.5 Å². The Morgan fingerprint density at radius 1 is 1.47 bits per heavy atom. The lowest BCUT2D eigenvalue weighted by Crippen LogP contribution is -2.33. The molecule has 88 valence electrons. The van der Waals surface area contributed by atoms with E-state index in [1.54, 1.807) is 31.4 Å². The summed E-state index contributed by atoms with van der Waals surface area (Å²) >= 11 is 0. The third-order valence-corrected chi connectivity index (χ3v) is 2.66. The summed E-state index contributed by atoms with van der Waals surface area (Å²) in [5.41, 5.74) is 0.298. The number of carbonyl (C=O) groups excluding carboxylic acids is 1. The Balaban J connectivity index is 2.61. The van der Waals surface area contributed by atoms with Gasteiger partial charge in [-0.3, -0.25) is 14.0 Å². The maximum absolute atomic E-state index is 12.1. The van der Waals surface area contributed by atoms with Crippen LogP contribution in [0.1, 0.15) is 17.3 Å². The third-order valence-electron chi connectivity index (χ3n) is 2.66. The summed E-state index contributed by atoms with van der Waals surface area (Å²) in [5.74, 6) is -0.303. The molecule has 0 N–H and O–H groups in total. The molecule has 2 heterocycles. The highest BCUT2D eigenvalue weighted by molar-refractivity contribution is 5.93. The number of carbonyl (C=O) groups is 1. The molecular weight excluding hydrogens is 218 g/mol. The van der Waals surface area contributed by atoms with Gasteiger partial charge in [0.2, 0.25) is 0 Å². The predicted octanol–water partition coefficient (Wildman–Crippen LogP) is 0.786. The Morgan fingerprint density at radius 2 is 2.24 bits per heavy atom. The van der Waals surface area contributed by atoms with Crippen molar-refractivity contribution in [1.82, 2.24) is 14.3 Å². The number of hydrogen-bond acceptors (Lipinski definition) is 3. The van der Waals surface area contributed by atoms with E-state index in [4.69, 9.17) is 0 Å². The molecule has 0 atom stereocenters. The van der Waals surface area contributed by atoms with E-state index in [-0.39, 0.29) is 17.0 Å². The molecule has 0 bridgehead atoms. The van der Waals surface area contributed by atoms with Crippen molar-refractivity contribution >= 4 is 11.6 Å². The minimum Gasteiger partial charge on any atom is -0.342 e. The molecule has 0 aliphatic rings. The van der Waals surface area contributed by atoms with Crippen LogP contribution in [0.15, 0.2) is 35.4 Å². The fourth-order valence-electron chi connectivity index (χ4n) is 1.52. The Bertz CT molecular complexity index is 618. The molecule has 5 nitrogen and oxygen atoms in total. The normalized spacial score (nSPS) is 10.5. The smallest absolute Gasteiger partial charge is 0.270 e. The third kappa shape index (κ3) is 1.91. The minimum absolute atomic E-state index is 0.0954. The van der Waals surface area contributed by atoms with Gasteiger partial charge in [0.05, 0.1) is 0 Å². The molecule has 0 saturated heterocycles. The Labute approximate surface area is 98.3 Å². The van der Waals surface area contributed by atoms with Crippen molar-refractivity contribution in [3.8, 4) is 0 Å². The summed E-state index contributed by atoms with van der Waals surface area (Å²) in [6, 6.07) is 5.24. The summed E-state index contributed by atoms with van der Waals surface area (Å²) in [4.78, 5) is 29.6. The first-order valence-corrected chi connectivity index (χ1v) is 5.37. The fraction of sp³-hybridized carbons (Fsp3) is 0.250. The highest BCUT2D eigenvalue weighted by Gasteiger charge is 2.15. The van der Waals surface area contributed by atoms with Crippen LogP contribution in [0.5, 0.6) is 0 Å². The van der Waals surface area contributed by atoms with E-state index in [1.807, 2.05) is 6.92 Å². The molecule has 2 aromatic heterocycles. The maximum atomic E-state index is 12.1. The zero-order chi connectivity index (χ0) is 12.4. The number of rotatable bonds is 2. The summed E-state index contributed by atoms with van der Waals surface area (Å²) in [6.45, 7) is 2.40. The molecule has 0 aliphatic heterocycles. The molecule has 0 fully saturated rings. The van der Waals surface area contributed by atoms with Crippen molar-refractivity contribution in [3.63, 3.8) is 0 Å². The number of pyridine rings is 1. The van der Waals surface area contributed by atoms with E-state index in [9.17, 15) is 9.59 Å². The maximum Gasteiger partial charge on any atom is 0.270 e. The van der Waals surface area contributed by atoms with Crippen molar-refractivity contribution in [2.24, 2.45) is 0 Å². The zero-order valence-corrected chi connectivity index (χ0v) is 9.75. The summed E-state index contributed by atoms with van der Waals surface area (Å²) in [7, 11) is 1.65. The van der Waals surface area contributed by atoms with E-state index < -0.39 is 0 Å². The fourth-order valence-corrected chi connectivity index (χ4v) is 1.52. The summed E-state index contributed by atoms with van der Waals surface area (Å²) in [6.07, 6.45) is 2.94. The average molecular weight is 231 g/mol. The lowest BCUT2D eigenvalue weighted by molar-refractivity contribution is 0.0800. The second-order valence-corrected chi connectivity index (χ2v) is 3.73. The molecule has 1 amide bonds. The Morgan fingerprint density at radius 3 is 2.94 bits per heavy atom. The molecule has 0 aliphatic carbocycles. The second-order valence-electron chi connectivity index (χ2n) is 3.73. The summed E-state index contributed by atoms with van der Waals surface area (Å²) in [5, 5.41) is 0. The first kappa shape index (κ1) is 11.3. The number of amides is 1. The van der Waals surface area contributed by atoms with Crippen LogP contribution in [-0.4, -0.2) is 33.8 Å². The van der Waals surface area contributed by atoms with Crippen LogP contribution >= 0.6 is 0 Å². The van der Waals surface area contributed by atoms with E-state index in [2.05, 4.69) is 4.98 Å². The molecule has 0 unspecified atom stereocenters. The molecule has 5 heteroatoms. The minimum atomic E-state index is -0.332. The second kappa shape index (κ2) is 4.37. The highest BCUT2D eigenvalue weighted by Crippen LogP contribution is 2.00. The monoisotopic (exact) mass is 231 g/mol. The van der Waals surface area contributed by atoms with E-state index in [0.717, 1.165) is 0 Å². The molecule has 0 radical (unpaired) electrons. The number of fused-ring (bicyclic) bond motifs is 1. The standard InChI is InChI=1S/C12H13N3O2/c1-3-14(2)11(16)9-8-13-10-6-4-5-7-15(10)12(9)17/h4-8H,3H2,1-2H3. The number of aromatic nitrogens is 2. The average Bonchev–Trinajstić information content (AvgIpc) is 2.38. The van der Waals surface area contributed by atoms with Gasteiger partial charge in [-0.05, 0) is 19.1 Å². The summed E-state index contributed by atoms with van der Waals surface area (Å²) < 4.78 is 1.37. The van der Waals surface area contributed by atoms with Crippen LogP contribution in [0.25, 0.3) is 5.65 Å². The first-order valence-electron chi connectivity index (χ1n) is 5.37. The van der Waals surface area contributed by atoms with Gasteiger partial charge in [0.1, 0.15) is 11.2 Å². The van der Waals surface area contributed by atoms with Crippen LogP contribution in [0, 0.1) is 0 Å². The zero-order valence-electron chi connectivity index (χ0n) is 9.75. The van der Waals surface area contributed by atoms with Crippen LogP contribution in [0.3, 0.4) is 0 Å². The van der Waals surface area contributed by atoms with Gasteiger partial charge >= 0.3 is 0 Å². The van der Waals surface area contributed by atoms with Crippen molar-refractivity contribution in [2.75, 3.05) is 13.6 Å². The molecule has 17 heavy (non-hydrogen) atoms. The Hall–Kier alpha value is -2.17. The Kier molecular flexibility index (Phi) is 2.91. The van der Waals surface area contributed by atoms with Gasteiger partial charge in [-0.25, -0.2) is 4.98 Å². The lowest BCUT2D eigenvalue weighted by atomic mass is 10.3. The van der Waals surface area contributed by atoms with Crippen LogP contribution in [0.2, 0.25) is 0 Å². The van der Waals surface area contributed by atoms with E-state index >= 15 is 0 Å². The van der Waals surface area contributed by atoms with Crippen molar-refractivity contribution in [3.05, 3.63) is 46.5 Å². The molecule has 0 saturated carbocycles. The van der Waals surface area contributed by atoms with Crippen LogP contribution in [-0.2, 0) is 0 Å². The van der Waals surface area contributed by atoms with Gasteiger partial charge in [-0.2, -0.15) is 0 Å². The van der Waals surface area contributed by atoms with Gasteiger partial charge in [-0.15, -0.1) is 0 Å². The predicted molar refractivity (Wildman–Crippen MR) is 64.1 cm³/mol. The first-order chi connectivity index (χ1) is 8.15. The van der Waals surface area contributed by atoms with Crippen molar-refractivity contribution in [2.45, 2.75) is 6.92 Å². The molecule has 0 aromatic carbocycles. The van der Waals surface area contributed by atoms with Gasteiger partial charge in [0.15, 0.2) is 0 Å². The number of nitrogens with zero attached hydrogens (tertiary/aromatic N) is 3. The molecular formula is C12H13N3O2. The number of hydrogen-bond donors (Lipinski definition) is 0. The molecule has 2 aromatic rings. The van der Waals surface area contributed by atoms with Crippen LogP contribution in [0.4, 0.5) is 0 Å². The highest BCUT2D eigenvalue weighted by atomic mass is 16.2. The van der Waals surface area contributed by atoms with E-state index in [0.29, 0.717) is 12.2 Å². The van der Waals surface area contributed by atoms with Gasteiger partial charge in [-0.1, -0.05) is 6.07 Å². The SMILES string of the molecule is CCN(C)C(=O)c1cnc2ccccn2c1=O. The van der Waals surface area contributed by atoms with E-state index in [1.165, 1.54) is 15.5 Å². The van der Waals surface area contributed by atoms with Crippen LogP contribution < -0.4 is 5.56 Å². The van der Waals surface area contributed by atoms with Crippen molar-refractivity contribution in [1.29, 1.82) is 0 Å².